The highest BCUT2D eigenvalue weighted by Crippen LogP contribution is 2.32. The van der Waals surface area contributed by atoms with Crippen LogP contribution in [-0.2, 0) is 24.5 Å². The highest BCUT2D eigenvalue weighted by atomic mass is 16.5. The molecule has 0 saturated heterocycles. The van der Waals surface area contributed by atoms with Crippen LogP contribution in [0.3, 0.4) is 0 Å². The molecule has 0 bridgehead atoms. The molecule has 0 radical (unpaired) electrons. The van der Waals surface area contributed by atoms with Crippen LogP contribution in [-0.4, -0.2) is 34.7 Å². The molecule has 8 heteroatoms. The number of H-pyrrole nitrogens is 1. The Balaban J connectivity index is 1.38. The minimum absolute atomic E-state index is 0.263. The van der Waals surface area contributed by atoms with Crippen LogP contribution in [0.4, 0.5) is 5.82 Å². The largest absolute Gasteiger partial charge is 0.493 e. The number of aromatic nitrogens is 4. The molecule has 8 nitrogen and oxygen atoms in total. The number of nitrogens with zero attached hydrogens (tertiary/aromatic N) is 3. The molecule has 4 aromatic rings. The second kappa shape index (κ2) is 11.4. The van der Waals surface area contributed by atoms with Gasteiger partial charge in [0.05, 0.1) is 26.4 Å². The summed E-state index contributed by atoms with van der Waals surface area (Å²) in [5.41, 5.74) is 3.92. The highest BCUT2D eigenvalue weighted by molar-refractivity contribution is 5.80. The maximum Gasteiger partial charge on any atom is 0.294 e. The summed E-state index contributed by atoms with van der Waals surface area (Å²) in [5.74, 6) is 3.11. The van der Waals surface area contributed by atoms with Crippen molar-refractivity contribution in [1.82, 2.24) is 15.0 Å². The van der Waals surface area contributed by atoms with Crippen molar-refractivity contribution in [2.75, 3.05) is 19.0 Å². The molecule has 188 valence electrons. The number of hydrogen-bond donors (Lipinski definition) is 2. The summed E-state index contributed by atoms with van der Waals surface area (Å²) in [5, 5.41) is 3.33. The molecule has 2 N–H and O–H groups in total. The van der Waals surface area contributed by atoms with E-state index in [1.54, 1.807) is 7.11 Å². The van der Waals surface area contributed by atoms with Crippen LogP contribution in [0.1, 0.15) is 49.6 Å². The van der Waals surface area contributed by atoms with E-state index in [0.29, 0.717) is 19.8 Å². The van der Waals surface area contributed by atoms with Gasteiger partial charge in [-0.2, -0.15) is 0 Å². The minimum atomic E-state index is 0.263. The molecule has 1 saturated carbocycles. The zero-order chi connectivity index (χ0) is 24.7. The van der Waals surface area contributed by atoms with Crippen molar-refractivity contribution in [3.05, 3.63) is 71.8 Å². The van der Waals surface area contributed by atoms with Gasteiger partial charge < -0.3 is 24.5 Å². The lowest BCUT2D eigenvalue weighted by Gasteiger charge is -2.16. The third-order valence-corrected chi connectivity index (χ3v) is 6.44. The van der Waals surface area contributed by atoms with E-state index in [2.05, 4.69) is 51.0 Å². The number of nitrogens with one attached hydrogen (secondary N) is 2. The molecule has 36 heavy (non-hydrogen) atoms. The first-order valence-electron chi connectivity index (χ1n) is 12.7. The molecule has 1 aliphatic rings. The van der Waals surface area contributed by atoms with Crippen LogP contribution in [0, 0.1) is 0 Å². The molecule has 2 aromatic heterocycles. The number of anilines is 1. The normalized spacial score (nSPS) is 13.8. The van der Waals surface area contributed by atoms with Crippen LogP contribution in [0.2, 0.25) is 0 Å². The van der Waals surface area contributed by atoms with Gasteiger partial charge in [-0.05, 0) is 55.9 Å². The summed E-state index contributed by atoms with van der Waals surface area (Å²) in [6, 6.07) is 16.3. The molecule has 2 aromatic carbocycles. The van der Waals surface area contributed by atoms with Gasteiger partial charge in [-0.25, -0.2) is 4.57 Å². The number of methoxy groups -OCH3 is 1. The Morgan fingerprint density at radius 1 is 1.03 bits per heavy atom. The minimum Gasteiger partial charge on any atom is -0.493 e. The maximum absolute atomic E-state index is 6.30. The van der Waals surface area contributed by atoms with Gasteiger partial charge in [-0.1, -0.05) is 46.4 Å². The van der Waals surface area contributed by atoms with E-state index in [4.69, 9.17) is 19.2 Å². The number of benzene rings is 2. The van der Waals surface area contributed by atoms with Crippen LogP contribution in [0.5, 0.6) is 11.5 Å². The van der Waals surface area contributed by atoms with Gasteiger partial charge in [0.25, 0.3) is 5.65 Å². The molecule has 0 unspecified atom stereocenters. The lowest BCUT2D eigenvalue weighted by atomic mass is 10.2. The van der Waals surface area contributed by atoms with Crippen molar-refractivity contribution in [3.63, 3.8) is 0 Å². The van der Waals surface area contributed by atoms with Gasteiger partial charge in [0, 0.05) is 6.54 Å². The number of ether oxygens (including phenoxy) is 3. The van der Waals surface area contributed by atoms with Gasteiger partial charge in [-0.15, -0.1) is 0 Å². The van der Waals surface area contributed by atoms with E-state index in [0.717, 1.165) is 64.8 Å². The smallest absolute Gasteiger partial charge is 0.294 e. The molecule has 0 spiro atoms. The topological polar surface area (TPSA) is 85.2 Å². The van der Waals surface area contributed by atoms with Crippen molar-refractivity contribution >= 4 is 17.0 Å². The molecule has 0 aliphatic heterocycles. The van der Waals surface area contributed by atoms with Crippen molar-refractivity contribution in [1.29, 1.82) is 0 Å². The summed E-state index contributed by atoms with van der Waals surface area (Å²) in [7, 11) is 1.68. The molecule has 0 amide bonds. The first kappa shape index (κ1) is 24.1. The monoisotopic (exact) mass is 488 g/mol. The van der Waals surface area contributed by atoms with Gasteiger partial charge in [0.15, 0.2) is 17.0 Å². The predicted octanol–water partition coefficient (Wildman–Crippen LogP) is 4.77. The van der Waals surface area contributed by atoms with Crippen molar-refractivity contribution in [2.24, 2.45) is 0 Å². The van der Waals surface area contributed by atoms with Crippen molar-refractivity contribution in [2.45, 2.75) is 58.5 Å². The average molecular weight is 489 g/mol. The Kier molecular flexibility index (Phi) is 7.61. The second-order valence-electron chi connectivity index (χ2n) is 9.12. The van der Waals surface area contributed by atoms with E-state index >= 15 is 0 Å². The lowest BCUT2D eigenvalue weighted by molar-refractivity contribution is -0.667. The maximum atomic E-state index is 6.30. The Morgan fingerprint density at radius 3 is 2.64 bits per heavy atom. The van der Waals surface area contributed by atoms with Crippen LogP contribution in [0.25, 0.3) is 11.2 Å². The summed E-state index contributed by atoms with van der Waals surface area (Å²) < 4.78 is 19.8. The van der Waals surface area contributed by atoms with Crippen molar-refractivity contribution in [3.8, 4) is 11.5 Å². The fourth-order valence-corrected chi connectivity index (χ4v) is 4.65. The van der Waals surface area contributed by atoms with Crippen molar-refractivity contribution < 1.29 is 18.8 Å². The molecule has 1 aliphatic carbocycles. The summed E-state index contributed by atoms with van der Waals surface area (Å²) in [6.07, 6.45) is 6.74. The van der Waals surface area contributed by atoms with Gasteiger partial charge >= 0.3 is 0 Å². The molecular formula is C28H34N5O3+. The van der Waals surface area contributed by atoms with E-state index in [1.807, 2.05) is 30.6 Å². The number of hydrogen-bond acceptors (Lipinski definition) is 6. The van der Waals surface area contributed by atoms with Crippen LogP contribution >= 0.6 is 0 Å². The number of imidazole rings is 1. The van der Waals surface area contributed by atoms with Gasteiger partial charge in [-0.3, -0.25) is 0 Å². The van der Waals surface area contributed by atoms with Gasteiger partial charge in [0.1, 0.15) is 6.61 Å². The van der Waals surface area contributed by atoms with E-state index < -0.39 is 0 Å². The number of fused-ring (bicyclic) bond motifs is 1. The molecule has 2 heterocycles. The Labute approximate surface area is 211 Å². The Bertz CT molecular complexity index is 1290. The first-order valence-corrected chi connectivity index (χ1v) is 12.7. The fourth-order valence-electron chi connectivity index (χ4n) is 4.65. The second-order valence-corrected chi connectivity index (χ2v) is 9.12. The highest BCUT2D eigenvalue weighted by Gasteiger charge is 2.22. The Hall–Kier alpha value is -3.65. The standard InChI is InChI=1S/C28H33N5O3/c1-3-29-27-26-28(32-25(31-26)18-35-17-20-9-5-4-6-10-20)33(19-30-27)16-21-13-14-23(34-2)24(15-21)36-22-11-7-8-12-22/h4-6,9-10,13-15,19,22H,3,7-8,11-12,16-18H2,1-2H3,(H,29,31,32)/p+1. The number of aromatic amines is 1. The quantitative estimate of drug-likeness (QED) is 0.296. The van der Waals surface area contributed by atoms with Gasteiger partial charge in [0.2, 0.25) is 18.0 Å². The SMILES string of the molecule is CCNc1nc[n+](Cc2ccc(OC)c(OC3CCCC3)c2)c2nc(COCc3ccccc3)[nH]c12. The molecule has 5 rings (SSSR count). The molecular weight excluding hydrogens is 454 g/mol. The zero-order valence-corrected chi connectivity index (χ0v) is 21.0. The van der Waals surface area contributed by atoms with Crippen LogP contribution < -0.4 is 19.4 Å². The van der Waals surface area contributed by atoms with E-state index in [1.165, 1.54) is 12.8 Å². The van der Waals surface area contributed by atoms with E-state index in [-0.39, 0.29) is 6.10 Å². The molecule has 1 fully saturated rings. The zero-order valence-electron chi connectivity index (χ0n) is 21.0. The number of rotatable bonds is 11. The third kappa shape index (κ3) is 5.60. The molecule has 0 atom stereocenters. The lowest BCUT2D eigenvalue weighted by Crippen LogP contribution is -2.36. The van der Waals surface area contributed by atoms with Crippen LogP contribution in [0.15, 0.2) is 54.9 Å². The Morgan fingerprint density at radius 2 is 1.86 bits per heavy atom. The summed E-state index contributed by atoms with van der Waals surface area (Å²) >= 11 is 0. The van der Waals surface area contributed by atoms with E-state index in [9.17, 15) is 0 Å². The predicted molar refractivity (Wildman–Crippen MR) is 138 cm³/mol. The third-order valence-electron chi connectivity index (χ3n) is 6.44. The average Bonchev–Trinajstić information content (AvgIpc) is 3.57. The fraction of sp³-hybridized carbons (Fsp3) is 0.393. The first-order chi connectivity index (χ1) is 17.7. The summed E-state index contributed by atoms with van der Waals surface area (Å²) in [6.45, 7) is 4.35. The summed E-state index contributed by atoms with van der Waals surface area (Å²) in [4.78, 5) is 12.9.